The first-order valence-electron chi connectivity index (χ1n) is 4.66. The van der Waals surface area contributed by atoms with Gasteiger partial charge in [0.05, 0.1) is 0 Å². The molecule has 2 N–H and O–H groups in total. The predicted octanol–water partition coefficient (Wildman–Crippen LogP) is 3.26. The zero-order valence-electron chi connectivity index (χ0n) is 9.07. The molecule has 4 heteroatoms. The second kappa shape index (κ2) is 4.57. The predicted molar refractivity (Wildman–Crippen MR) is 62.2 cm³/mol. The van der Waals surface area contributed by atoms with E-state index in [9.17, 15) is 4.79 Å². The molecule has 0 aliphatic carbocycles. The van der Waals surface area contributed by atoms with E-state index < -0.39 is 6.09 Å². The third-order valence-electron chi connectivity index (χ3n) is 1.98. The highest BCUT2D eigenvalue weighted by Gasteiger charge is 2.12. The third-order valence-corrected chi connectivity index (χ3v) is 2.76. The van der Waals surface area contributed by atoms with Crippen molar-refractivity contribution >= 4 is 18.0 Å². The van der Waals surface area contributed by atoms with Gasteiger partial charge in [0.25, 0.3) is 0 Å². The van der Waals surface area contributed by atoms with Crippen molar-refractivity contribution in [2.45, 2.75) is 31.1 Å². The zero-order chi connectivity index (χ0) is 11.5. The fraction of sp³-hybridized carbons (Fsp3) is 0.364. The smallest absolute Gasteiger partial charge is 0.415 e. The number of amides is 1. The standard InChI is InChI=1S/C11H15NO2S/c1-11(2,3)8-4-6-9(7-5-8)15-12-10(13)14/h4-7,12H,1-3H3,(H,13,14). The maximum atomic E-state index is 10.3. The molecule has 0 aliphatic heterocycles. The Bertz CT molecular complexity index is 341. The second-order valence-electron chi connectivity index (χ2n) is 4.28. The topological polar surface area (TPSA) is 49.3 Å². The van der Waals surface area contributed by atoms with Crippen LogP contribution in [0.1, 0.15) is 26.3 Å². The highest BCUT2D eigenvalue weighted by atomic mass is 32.2. The lowest BCUT2D eigenvalue weighted by atomic mass is 9.87. The molecule has 1 rings (SSSR count). The number of nitrogens with one attached hydrogen (secondary N) is 1. The minimum Gasteiger partial charge on any atom is -0.464 e. The van der Waals surface area contributed by atoms with Gasteiger partial charge in [-0.25, -0.2) is 4.79 Å². The van der Waals surface area contributed by atoms with E-state index in [1.165, 1.54) is 5.56 Å². The number of hydrogen-bond donors (Lipinski definition) is 2. The van der Waals surface area contributed by atoms with Gasteiger partial charge in [0.15, 0.2) is 0 Å². The summed E-state index contributed by atoms with van der Waals surface area (Å²) in [4.78, 5) is 11.2. The van der Waals surface area contributed by atoms with Gasteiger partial charge < -0.3 is 5.11 Å². The van der Waals surface area contributed by atoms with Crippen molar-refractivity contribution in [3.8, 4) is 0 Å². The summed E-state index contributed by atoms with van der Waals surface area (Å²) in [6.45, 7) is 6.43. The third kappa shape index (κ3) is 3.83. The molecular weight excluding hydrogens is 210 g/mol. The summed E-state index contributed by atoms with van der Waals surface area (Å²) in [5.74, 6) is 0. The molecule has 1 aromatic rings. The first kappa shape index (κ1) is 11.9. The Hall–Kier alpha value is -1.16. The maximum absolute atomic E-state index is 10.3. The number of carboxylic acid groups (broad SMARTS) is 1. The van der Waals surface area contributed by atoms with Crippen molar-refractivity contribution in [3.05, 3.63) is 29.8 Å². The summed E-state index contributed by atoms with van der Waals surface area (Å²) >= 11 is 1.10. The summed E-state index contributed by atoms with van der Waals surface area (Å²) in [5, 5.41) is 8.43. The van der Waals surface area contributed by atoms with E-state index in [-0.39, 0.29) is 5.41 Å². The van der Waals surface area contributed by atoms with Crippen LogP contribution in [0.25, 0.3) is 0 Å². The lowest BCUT2D eigenvalue weighted by molar-refractivity contribution is 0.202. The average Bonchev–Trinajstić information content (AvgIpc) is 2.14. The van der Waals surface area contributed by atoms with E-state index in [0.717, 1.165) is 16.8 Å². The van der Waals surface area contributed by atoms with Gasteiger partial charge in [-0.05, 0) is 35.1 Å². The summed E-state index contributed by atoms with van der Waals surface area (Å²) in [7, 11) is 0. The Morgan fingerprint density at radius 2 is 1.80 bits per heavy atom. The van der Waals surface area contributed by atoms with Crippen LogP contribution in [0.3, 0.4) is 0 Å². The zero-order valence-corrected chi connectivity index (χ0v) is 9.89. The molecule has 0 aliphatic rings. The first-order chi connectivity index (χ1) is 6.89. The largest absolute Gasteiger partial charge is 0.464 e. The quantitative estimate of drug-likeness (QED) is 0.759. The Kier molecular flexibility index (Phi) is 3.63. The highest BCUT2D eigenvalue weighted by Crippen LogP contribution is 2.24. The van der Waals surface area contributed by atoms with E-state index in [2.05, 4.69) is 25.5 Å². The molecule has 0 saturated carbocycles. The van der Waals surface area contributed by atoms with E-state index in [4.69, 9.17) is 5.11 Å². The molecule has 0 bridgehead atoms. The minimum absolute atomic E-state index is 0.128. The molecule has 0 saturated heterocycles. The Morgan fingerprint density at radius 1 is 1.27 bits per heavy atom. The van der Waals surface area contributed by atoms with E-state index in [1.807, 2.05) is 24.3 Å². The number of hydrogen-bond acceptors (Lipinski definition) is 2. The van der Waals surface area contributed by atoms with Gasteiger partial charge in [-0.3, -0.25) is 4.72 Å². The Morgan fingerprint density at radius 3 is 2.20 bits per heavy atom. The van der Waals surface area contributed by atoms with Crippen molar-refractivity contribution in [2.75, 3.05) is 0 Å². The van der Waals surface area contributed by atoms with Gasteiger partial charge in [0.1, 0.15) is 0 Å². The van der Waals surface area contributed by atoms with Crippen LogP contribution in [0.2, 0.25) is 0 Å². The van der Waals surface area contributed by atoms with E-state index in [0.29, 0.717) is 0 Å². The second-order valence-corrected chi connectivity index (χ2v) is 5.16. The summed E-state index contributed by atoms with van der Waals surface area (Å²) in [6.07, 6.45) is -1.03. The van der Waals surface area contributed by atoms with Crippen LogP contribution in [-0.4, -0.2) is 11.2 Å². The lowest BCUT2D eigenvalue weighted by Gasteiger charge is -2.18. The van der Waals surface area contributed by atoms with Crippen LogP contribution >= 0.6 is 11.9 Å². The summed E-state index contributed by atoms with van der Waals surface area (Å²) in [6, 6.07) is 7.88. The van der Waals surface area contributed by atoms with Crippen LogP contribution in [0, 0.1) is 0 Å². The van der Waals surface area contributed by atoms with Crippen LogP contribution in [0.15, 0.2) is 29.2 Å². The molecule has 0 unspecified atom stereocenters. The van der Waals surface area contributed by atoms with Gasteiger partial charge in [-0.1, -0.05) is 32.9 Å². The fourth-order valence-corrected chi connectivity index (χ4v) is 1.60. The molecule has 1 amide bonds. The molecule has 0 fully saturated rings. The summed E-state index contributed by atoms with van der Waals surface area (Å²) < 4.78 is 2.25. The monoisotopic (exact) mass is 225 g/mol. The van der Waals surface area contributed by atoms with Crippen molar-refractivity contribution in [2.24, 2.45) is 0 Å². The van der Waals surface area contributed by atoms with Gasteiger partial charge >= 0.3 is 6.09 Å². The minimum atomic E-state index is -1.03. The lowest BCUT2D eigenvalue weighted by Crippen LogP contribution is -2.12. The molecule has 0 atom stereocenters. The number of rotatable bonds is 2. The van der Waals surface area contributed by atoms with Crippen LogP contribution in [0.5, 0.6) is 0 Å². The van der Waals surface area contributed by atoms with Crippen molar-refractivity contribution in [3.63, 3.8) is 0 Å². The van der Waals surface area contributed by atoms with Crippen LogP contribution < -0.4 is 4.72 Å². The molecule has 82 valence electrons. The Labute approximate surface area is 94.0 Å². The molecular formula is C11H15NO2S. The van der Waals surface area contributed by atoms with Gasteiger partial charge in [-0.15, -0.1) is 0 Å². The van der Waals surface area contributed by atoms with Gasteiger partial charge in [0.2, 0.25) is 0 Å². The molecule has 0 aromatic heterocycles. The highest BCUT2D eigenvalue weighted by molar-refractivity contribution is 7.98. The van der Waals surface area contributed by atoms with E-state index >= 15 is 0 Å². The Balaban J connectivity index is 2.69. The fourth-order valence-electron chi connectivity index (χ4n) is 1.13. The molecule has 1 aromatic carbocycles. The van der Waals surface area contributed by atoms with Crippen molar-refractivity contribution < 1.29 is 9.90 Å². The first-order valence-corrected chi connectivity index (χ1v) is 5.47. The van der Waals surface area contributed by atoms with Crippen molar-refractivity contribution in [1.29, 1.82) is 0 Å². The average molecular weight is 225 g/mol. The number of carbonyl (C=O) groups is 1. The SMILES string of the molecule is CC(C)(C)c1ccc(SNC(=O)O)cc1. The number of benzene rings is 1. The molecule has 0 radical (unpaired) electrons. The van der Waals surface area contributed by atoms with E-state index in [1.54, 1.807) is 0 Å². The van der Waals surface area contributed by atoms with Crippen LogP contribution in [-0.2, 0) is 5.41 Å². The molecule has 15 heavy (non-hydrogen) atoms. The van der Waals surface area contributed by atoms with Gasteiger partial charge in [-0.2, -0.15) is 0 Å². The maximum Gasteiger partial charge on any atom is 0.415 e. The molecule has 0 heterocycles. The normalized spacial score (nSPS) is 11.1. The molecule has 0 spiro atoms. The summed E-state index contributed by atoms with van der Waals surface area (Å²) in [5.41, 5.74) is 1.37. The van der Waals surface area contributed by atoms with Crippen LogP contribution in [0.4, 0.5) is 4.79 Å². The van der Waals surface area contributed by atoms with Crippen molar-refractivity contribution in [1.82, 2.24) is 4.72 Å². The van der Waals surface area contributed by atoms with Gasteiger partial charge in [0, 0.05) is 4.90 Å². The molecule has 3 nitrogen and oxygen atoms in total.